The van der Waals surface area contributed by atoms with Gasteiger partial charge < -0.3 is 29.1 Å². The first-order chi connectivity index (χ1) is 20.0. The number of hydrogen-bond donors (Lipinski definition) is 4. The molecule has 0 bridgehead atoms. The minimum absolute atomic E-state index is 0.126. The van der Waals surface area contributed by atoms with Crippen LogP contribution in [-0.4, -0.2) is 47.2 Å². The van der Waals surface area contributed by atoms with Gasteiger partial charge in [0.1, 0.15) is 11.6 Å². The third-order valence-electron chi connectivity index (χ3n) is 5.74. The maximum Gasteiger partial charge on any atom is 0.479 e. The van der Waals surface area contributed by atoms with Gasteiger partial charge >= 0.3 is 15.5 Å². The topological polar surface area (TPSA) is 211 Å². The summed E-state index contributed by atoms with van der Waals surface area (Å²) in [7, 11) is -11.3. The molecular weight excluding hydrogens is 606 g/mol. The van der Waals surface area contributed by atoms with Crippen LogP contribution in [0.3, 0.4) is 0 Å². The summed E-state index contributed by atoms with van der Waals surface area (Å²) in [5.41, 5.74) is 3.30. The summed E-state index contributed by atoms with van der Waals surface area (Å²) in [5.74, 6) is 0.113. The van der Waals surface area contributed by atoms with E-state index in [2.05, 4.69) is 20.3 Å². The van der Waals surface area contributed by atoms with Crippen LogP contribution in [0, 0.1) is 0 Å². The third kappa shape index (κ3) is 6.59. The summed E-state index contributed by atoms with van der Waals surface area (Å²) in [5, 5.41) is 4.03. The summed E-state index contributed by atoms with van der Waals surface area (Å²) in [6.07, 6.45) is 3.97. The van der Waals surface area contributed by atoms with Crippen molar-refractivity contribution in [3.8, 4) is 28.3 Å². The maximum atomic E-state index is 12.5. The molecule has 3 heterocycles. The zero-order chi connectivity index (χ0) is 29.9. The molecule has 42 heavy (non-hydrogen) atoms. The van der Waals surface area contributed by atoms with Gasteiger partial charge in [-0.3, -0.25) is 14.2 Å². The Morgan fingerprint density at radius 1 is 0.929 bits per heavy atom. The zero-order valence-corrected chi connectivity index (χ0v) is 23.9. The van der Waals surface area contributed by atoms with Gasteiger partial charge in [-0.2, -0.15) is 0 Å². The monoisotopic (exact) mass is 627 g/mol. The van der Waals surface area contributed by atoms with E-state index in [0.29, 0.717) is 17.9 Å². The number of benzene rings is 2. The van der Waals surface area contributed by atoms with Gasteiger partial charge in [-0.05, 0) is 39.2 Å². The molecule has 0 spiro atoms. The van der Waals surface area contributed by atoms with Gasteiger partial charge in [0.15, 0.2) is 5.82 Å². The van der Waals surface area contributed by atoms with Gasteiger partial charge in [0, 0.05) is 29.2 Å². The standard InChI is InChI=1S/C25H22N6O8P2S/c32-40(33,34)31(42(37)38)41(35,36)39-20-13-18(14-26-16-20)24-29-22-11-6-10-21(17-7-2-1-3-8-17)23(22)25(30-24)28-15-19-9-4-5-12-27-19/h1-14,16H,15H2,(H,35,36)(H,37,38)(H,28,29,30)(H2,32,33,34)/p-1. The summed E-state index contributed by atoms with van der Waals surface area (Å²) in [6, 6.07) is 21.9. The van der Waals surface area contributed by atoms with Crippen molar-refractivity contribution in [3.63, 3.8) is 0 Å². The predicted octanol–water partition coefficient (Wildman–Crippen LogP) is 4.03. The van der Waals surface area contributed by atoms with Crippen LogP contribution in [0.4, 0.5) is 5.82 Å². The van der Waals surface area contributed by atoms with Crippen molar-refractivity contribution in [2.45, 2.75) is 6.54 Å². The van der Waals surface area contributed by atoms with E-state index >= 15 is 0 Å². The minimum Gasteiger partial charge on any atom is -0.759 e. The lowest BCUT2D eigenvalue weighted by Crippen LogP contribution is -2.22. The summed E-state index contributed by atoms with van der Waals surface area (Å²) in [6.45, 7) is 0.329. The molecule has 5 aromatic rings. The molecule has 216 valence electrons. The fourth-order valence-corrected chi connectivity index (χ4v) is 7.26. The Morgan fingerprint density at radius 3 is 2.38 bits per heavy atom. The average Bonchev–Trinajstić information content (AvgIpc) is 2.95. The molecule has 0 aliphatic rings. The van der Waals surface area contributed by atoms with Gasteiger partial charge in [-0.1, -0.05) is 48.5 Å². The first kappa shape index (κ1) is 29.6. The number of rotatable bonds is 10. The van der Waals surface area contributed by atoms with Crippen LogP contribution in [0.2, 0.25) is 0 Å². The highest BCUT2D eigenvalue weighted by atomic mass is 32.2. The van der Waals surface area contributed by atoms with E-state index in [4.69, 9.17) is 9.51 Å². The normalized spacial score (nSPS) is 13.9. The first-order valence-electron chi connectivity index (χ1n) is 12.0. The highest BCUT2D eigenvalue weighted by Crippen LogP contribution is 2.61. The molecule has 4 N–H and O–H groups in total. The first-order valence-corrected chi connectivity index (χ1v) is 16.1. The van der Waals surface area contributed by atoms with Crippen LogP contribution in [0.1, 0.15) is 5.69 Å². The van der Waals surface area contributed by atoms with Gasteiger partial charge in [-0.15, -0.1) is 0 Å². The second-order valence-corrected chi connectivity index (χ2v) is 13.3. The number of nitrogens with one attached hydrogen (secondary N) is 1. The Hall–Kier alpha value is -3.91. The molecular formula is C25H21N6O8P2S-. The molecule has 2 atom stereocenters. The quantitative estimate of drug-likeness (QED) is 0.127. The maximum absolute atomic E-state index is 12.5. The van der Waals surface area contributed by atoms with Crippen LogP contribution < -0.4 is 9.84 Å². The molecule has 0 fully saturated rings. The van der Waals surface area contributed by atoms with Gasteiger partial charge in [0.25, 0.3) is 0 Å². The minimum atomic E-state index is -5.73. The third-order valence-corrected chi connectivity index (χ3v) is 10.8. The smallest absolute Gasteiger partial charge is 0.479 e. The number of nitrogens with zero attached hydrogens (tertiary/aromatic N) is 5. The number of aromatic nitrogens is 4. The molecule has 0 amide bonds. The van der Waals surface area contributed by atoms with E-state index in [1.54, 1.807) is 18.3 Å². The van der Waals surface area contributed by atoms with E-state index in [1.807, 2.05) is 54.6 Å². The van der Waals surface area contributed by atoms with Gasteiger partial charge in [0.2, 0.25) is 0 Å². The molecule has 0 aliphatic carbocycles. The van der Waals surface area contributed by atoms with E-state index in [1.165, 1.54) is 12.3 Å². The second kappa shape index (κ2) is 12.1. The van der Waals surface area contributed by atoms with Crippen molar-refractivity contribution in [1.29, 1.82) is 0 Å². The molecule has 0 aliphatic heterocycles. The van der Waals surface area contributed by atoms with Crippen molar-refractivity contribution in [2.75, 3.05) is 5.32 Å². The number of hydrogen-bond acceptors (Lipinski definition) is 10. The molecule has 14 nitrogen and oxygen atoms in total. The van der Waals surface area contributed by atoms with Crippen molar-refractivity contribution in [2.24, 2.45) is 0 Å². The van der Waals surface area contributed by atoms with Crippen LogP contribution in [0.25, 0.3) is 33.4 Å². The fraction of sp³-hybridized carbons (Fsp3) is 0.0400. The lowest BCUT2D eigenvalue weighted by molar-refractivity contribution is 0.305. The summed E-state index contributed by atoms with van der Waals surface area (Å²) < 4.78 is 50.5. The Bertz CT molecular complexity index is 1860. The van der Waals surface area contributed by atoms with E-state index < -0.39 is 36.4 Å². The van der Waals surface area contributed by atoms with Crippen LogP contribution in [-0.2, 0) is 26.9 Å². The molecule has 3 aromatic heterocycles. The van der Waals surface area contributed by atoms with E-state index in [-0.39, 0.29) is 11.4 Å². The molecule has 0 radical (unpaired) electrons. The summed E-state index contributed by atoms with van der Waals surface area (Å²) in [4.78, 5) is 46.2. The number of pyridine rings is 2. The molecule has 0 saturated heterocycles. The largest absolute Gasteiger partial charge is 0.759 e. The molecule has 2 unspecified atom stereocenters. The Labute approximate surface area is 241 Å². The Balaban J connectivity index is 1.58. The Kier molecular flexibility index (Phi) is 8.55. The highest BCUT2D eigenvalue weighted by Gasteiger charge is 2.45. The van der Waals surface area contributed by atoms with Gasteiger partial charge in [0.05, 0.1) is 29.3 Å². The summed E-state index contributed by atoms with van der Waals surface area (Å²) >= 11 is -3.79. The van der Waals surface area contributed by atoms with Crippen molar-refractivity contribution >= 4 is 43.5 Å². The van der Waals surface area contributed by atoms with Crippen LogP contribution in [0.5, 0.6) is 5.75 Å². The van der Waals surface area contributed by atoms with Crippen molar-refractivity contribution in [1.82, 2.24) is 23.8 Å². The number of fused-ring (bicyclic) bond motifs is 1. The van der Waals surface area contributed by atoms with Crippen molar-refractivity contribution < 1.29 is 37.1 Å². The molecule has 0 saturated carbocycles. The van der Waals surface area contributed by atoms with Crippen LogP contribution in [0.15, 0.2) is 91.4 Å². The fourth-order valence-electron chi connectivity index (χ4n) is 4.06. The zero-order valence-electron chi connectivity index (χ0n) is 21.3. The second-order valence-electron chi connectivity index (χ2n) is 8.61. The SMILES string of the molecule is O=S([O-])N(P(=O)(O)O)P(=O)(O)Oc1cncc(-c2nc(NCc3ccccn3)c3c(-c4ccccc4)cccc3n2)c1. The lowest BCUT2D eigenvalue weighted by atomic mass is 10.0. The Morgan fingerprint density at radius 2 is 1.69 bits per heavy atom. The number of anilines is 1. The van der Waals surface area contributed by atoms with E-state index in [0.717, 1.165) is 28.4 Å². The molecule has 2 aromatic carbocycles. The average molecular weight is 627 g/mol. The lowest BCUT2D eigenvalue weighted by Gasteiger charge is -2.27. The predicted molar refractivity (Wildman–Crippen MR) is 153 cm³/mol. The van der Waals surface area contributed by atoms with Gasteiger partial charge in [-0.25, -0.2) is 19.1 Å². The van der Waals surface area contributed by atoms with E-state index in [9.17, 15) is 32.6 Å². The van der Waals surface area contributed by atoms with Crippen LogP contribution >= 0.6 is 15.5 Å². The molecule has 5 rings (SSSR count). The molecule has 17 heteroatoms. The van der Waals surface area contributed by atoms with Crippen molar-refractivity contribution in [3.05, 3.63) is 97.1 Å². The highest BCUT2D eigenvalue weighted by molar-refractivity contribution is 7.92.